The molecule has 41 heavy (non-hydrogen) atoms. The van der Waals surface area contributed by atoms with Crippen molar-refractivity contribution in [3.8, 4) is 11.3 Å². The van der Waals surface area contributed by atoms with Gasteiger partial charge in [0.2, 0.25) is 5.28 Å². The summed E-state index contributed by atoms with van der Waals surface area (Å²) >= 11 is 5.34. The third kappa shape index (κ3) is 6.03. The van der Waals surface area contributed by atoms with Gasteiger partial charge in [0.25, 0.3) is 5.91 Å². The van der Waals surface area contributed by atoms with Crippen LogP contribution in [0, 0.1) is 5.82 Å². The maximum Gasteiger partial charge on any atom is 0.259 e. The fraction of sp³-hybridized carbons (Fsp3) is 0.179. The summed E-state index contributed by atoms with van der Waals surface area (Å²) < 4.78 is 16.9. The summed E-state index contributed by atoms with van der Waals surface area (Å²) in [7, 11) is 2.07. The Labute approximate surface area is 239 Å². The minimum absolute atomic E-state index is 0.0789. The highest BCUT2D eigenvalue weighted by Gasteiger charge is 2.29. The van der Waals surface area contributed by atoms with Gasteiger partial charge in [0.05, 0.1) is 11.6 Å². The average Bonchev–Trinajstić information content (AvgIpc) is 3.57. The number of nitrogens with zero attached hydrogens (tertiary/aromatic N) is 7. The Hall–Kier alpha value is -4.81. The number of amides is 1. The number of halogens is 2. The number of aldehydes is 1. The fourth-order valence-electron chi connectivity index (χ4n) is 4.64. The van der Waals surface area contributed by atoms with E-state index in [9.17, 15) is 14.0 Å². The zero-order valence-electron chi connectivity index (χ0n) is 21.9. The number of nitrogens with two attached hydrogens (primary N) is 1. The molecule has 13 heteroatoms. The van der Waals surface area contributed by atoms with Gasteiger partial charge in [-0.25, -0.2) is 29.3 Å². The number of hydrogen-bond acceptors (Lipinski definition) is 9. The van der Waals surface area contributed by atoms with Crippen LogP contribution in [0.25, 0.3) is 16.8 Å². The van der Waals surface area contributed by atoms with E-state index in [4.69, 9.17) is 22.3 Å². The smallest absolute Gasteiger partial charge is 0.259 e. The molecular weight excluding hydrogens is 549 g/mol. The van der Waals surface area contributed by atoms with Crippen molar-refractivity contribution in [1.29, 1.82) is 0 Å². The molecule has 3 N–H and O–H groups in total. The first kappa shape index (κ1) is 27.7. The molecule has 1 atom stereocenters. The van der Waals surface area contributed by atoms with Gasteiger partial charge < -0.3 is 11.1 Å². The second-order valence-corrected chi connectivity index (χ2v) is 9.56. The van der Waals surface area contributed by atoms with Crippen LogP contribution >= 0.6 is 11.6 Å². The number of nitrogens with one attached hydrogen (secondary N) is 1. The summed E-state index contributed by atoms with van der Waals surface area (Å²) in [4.78, 5) is 45.0. The van der Waals surface area contributed by atoms with Gasteiger partial charge in [0.1, 0.15) is 40.2 Å². The van der Waals surface area contributed by atoms with Crippen molar-refractivity contribution < 1.29 is 14.0 Å². The monoisotopic (exact) mass is 573 g/mol. The third-order valence-electron chi connectivity index (χ3n) is 6.59. The van der Waals surface area contributed by atoms with E-state index in [-0.39, 0.29) is 16.9 Å². The van der Waals surface area contributed by atoms with Crippen molar-refractivity contribution >= 4 is 40.9 Å². The zero-order chi connectivity index (χ0) is 28.9. The average molecular weight is 574 g/mol. The fourth-order valence-corrected chi connectivity index (χ4v) is 4.79. The predicted octanol–water partition coefficient (Wildman–Crippen LogP) is 4.47. The highest BCUT2D eigenvalue weighted by Crippen LogP contribution is 2.35. The van der Waals surface area contributed by atoms with Gasteiger partial charge in [0.15, 0.2) is 6.29 Å². The van der Waals surface area contributed by atoms with Crippen molar-refractivity contribution in [3.05, 3.63) is 95.4 Å². The third-order valence-corrected chi connectivity index (χ3v) is 6.77. The van der Waals surface area contributed by atoms with Crippen LogP contribution in [0.4, 0.5) is 16.0 Å². The van der Waals surface area contributed by atoms with Crippen LogP contribution in [0.1, 0.15) is 45.6 Å². The van der Waals surface area contributed by atoms with Gasteiger partial charge in [-0.1, -0.05) is 12.1 Å². The highest BCUT2D eigenvalue weighted by atomic mass is 35.5. The maximum atomic E-state index is 15.0. The molecule has 1 unspecified atom stereocenters. The molecule has 0 saturated carbocycles. The van der Waals surface area contributed by atoms with Crippen molar-refractivity contribution in [1.82, 2.24) is 34.2 Å². The number of aromatic nitrogens is 6. The molecule has 0 spiro atoms. The van der Waals surface area contributed by atoms with Gasteiger partial charge in [-0.15, -0.1) is 0 Å². The molecule has 1 saturated heterocycles. The normalized spacial score (nSPS) is 14.9. The van der Waals surface area contributed by atoms with Crippen LogP contribution in [-0.2, 0) is 0 Å². The van der Waals surface area contributed by atoms with Crippen molar-refractivity contribution in [3.63, 3.8) is 0 Å². The number of pyridine rings is 1. The lowest BCUT2D eigenvalue weighted by molar-refractivity contribution is 0.102. The first-order valence-corrected chi connectivity index (χ1v) is 13.0. The van der Waals surface area contributed by atoms with E-state index >= 15 is 0 Å². The van der Waals surface area contributed by atoms with Crippen molar-refractivity contribution in [2.45, 2.75) is 18.9 Å². The lowest BCUT2D eigenvalue weighted by atomic mass is 10.1. The molecule has 0 radical (unpaired) electrons. The van der Waals surface area contributed by atoms with Crippen molar-refractivity contribution in [2.24, 2.45) is 0 Å². The number of fused-ring (bicyclic) bond motifs is 1. The van der Waals surface area contributed by atoms with E-state index in [0.717, 1.165) is 25.2 Å². The first-order valence-electron chi connectivity index (χ1n) is 12.6. The van der Waals surface area contributed by atoms with E-state index in [1.807, 2.05) is 10.6 Å². The van der Waals surface area contributed by atoms with E-state index < -0.39 is 11.7 Å². The maximum absolute atomic E-state index is 15.0. The minimum atomic E-state index is -0.654. The lowest BCUT2D eigenvalue weighted by Crippen LogP contribution is -2.19. The van der Waals surface area contributed by atoms with Gasteiger partial charge in [-0.05, 0) is 68.4 Å². The number of rotatable bonds is 5. The summed E-state index contributed by atoms with van der Waals surface area (Å²) in [5, 5.41) is 2.69. The van der Waals surface area contributed by atoms with E-state index in [2.05, 4.69) is 37.2 Å². The Morgan fingerprint density at radius 2 is 1.98 bits per heavy atom. The molecule has 5 aromatic rings. The number of carbonyl (C=O) groups is 2. The quantitative estimate of drug-likeness (QED) is 0.230. The molecule has 4 aromatic heterocycles. The summed E-state index contributed by atoms with van der Waals surface area (Å²) in [6.07, 6.45) is 9.13. The van der Waals surface area contributed by atoms with E-state index in [1.54, 1.807) is 36.7 Å². The molecule has 1 aliphatic rings. The zero-order valence-corrected chi connectivity index (χ0v) is 22.7. The highest BCUT2D eigenvalue weighted by molar-refractivity contribution is 6.28. The first-order chi connectivity index (χ1) is 19.9. The molecule has 1 aliphatic heterocycles. The number of benzene rings is 1. The Morgan fingerprint density at radius 3 is 2.63 bits per heavy atom. The summed E-state index contributed by atoms with van der Waals surface area (Å²) in [5.74, 6) is 0.294. The van der Waals surface area contributed by atoms with Crippen LogP contribution in [0.5, 0.6) is 0 Å². The number of anilines is 2. The predicted molar refractivity (Wildman–Crippen MR) is 152 cm³/mol. The Balaban J connectivity index is 0.000000321. The van der Waals surface area contributed by atoms with Gasteiger partial charge in [-0.3, -0.25) is 18.9 Å². The van der Waals surface area contributed by atoms with Gasteiger partial charge in [0, 0.05) is 30.4 Å². The van der Waals surface area contributed by atoms with E-state index in [0.29, 0.717) is 40.4 Å². The number of hydrogen-bond donors (Lipinski definition) is 2. The summed E-state index contributed by atoms with van der Waals surface area (Å²) in [5.41, 5.74) is 8.12. The van der Waals surface area contributed by atoms with Crippen molar-refractivity contribution in [2.75, 3.05) is 24.6 Å². The second-order valence-electron chi connectivity index (χ2n) is 9.22. The van der Waals surface area contributed by atoms with Crippen LogP contribution in [-0.4, -0.2) is 60.0 Å². The second kappa shape index (κ2) is 12.1. The Kier molecular flexibility index (Phi) is 8.22. The lowest BCUT2D eigenvalue weighted by Gasteiger charge is -2.18. The van der Waals surface area contributed by atoms with Crippen LogP contribution in [0.2, 0.25) is 5.28 Å². The number of likely N-dealkylation sites (tertiary alicyclic amines) is 1. The number of carbonyl (C=O) groups excluding carboxylic acids is 2. The molecule has 6 rings (SSSR count). The topological polar surface area (TPSA) is 144 Å². The van der Waals surface area contributed by atoms with Crippen LogP contribution in [0.15, 0.2) is 67.3 Å². The SMILES string of the molecule is CN1CCCC1c1nc(-c2ccc(C(=O)Nc3ccccn3)c(F)c2)c2c(N)nccn12.O=Cc1ccnc(Cl)n1. The molecular formula is C28H25ClFN9O2. The molecule has 1 amide bonds. The molecule has 1 fully saturated rings. The summed E-state index contributed by atoms with van der Waals surface area (Å²) in [6, 6.07) is 11.2. The molecule has 0 aliphatic carbocycles. The molecule has 0 bridgehead atoms. The van der Waals surface area contributed by atoms with Crippen LogP contribution < -0.4 is 11.1 Å². The molecule has 5 heterocycles. The number of nitrogen functional groups attached to an aromatic ring is 1. The number of imidazole rings is 1. The molecule has 11 nitrogen and oxygen atoms in total. The standard InChI is InChI=1S/C23H22FN7O.C5H3ClN2O/c1-30-11-4-5-17(30)22-29-19(20-21(25)27-10-12-31(20)22)14-7-8-15(16(24)13-14)23(32)28-18-6-2-3-9-26-18;6-5-7-2-1-4(3-9)8-5/h2-3,6-10,12-13,17H,4-5,11H2,1H3,(H2,25,27)(H,26,28,32);1-3H. The largest absolute Gasteiger partial charge is 0.382 e. The minimum Gasteiger partial charge on any atom is -0.382 e. The van der Waals surface area contributed by atoms with Gasteiger partial charge >= 0.3 is 0 Å². The van der Waals surface area contributed by atoms with Crippen LogP contribution in [0.3, 0.4) is 0 Å². The Bertz CT molecular complexity index is 1710. The van der Waals surface area contributed by atoms with Gasteiger partial charge in [-0.2, -0.15) is 0 Å². The van der Waals surface area contributed by atoms with E-state index in [1.165, 1.54) is 24.4 Å². The Morgan fingerprint density at radius 1 is 1.12 bits per heavy atom. The molecule has 208 valence electrons. The molecule has 1 aromatic carbocycles. The summed E-state index contributed by atoms with van der Waals surface area (Å²) in [6.45, 7) is 0.990.